The number of carbonyl (C=O) groups is 2. The second-order valence-electron chi connectivity index (χ2n) is 7.85. The number of urea groups is 1. The summed E-state index contributed by atoms with van der Waals surface area (Å²) in [6.45, 7) is 0.0761. The van der Waals surface area contributed by atoms with E-state index in [1.54, 1.807) is 26.2 Å². The number of carbonyl (C=O) groups excluding carboxylic acids is 2. The minimum absolute atomic E-state index is 0.0380. The van der Waals surface area contributed by atoms with Gasteiger partial charge in [-0.1, -0.05) is 6.07 Å². The number of rotatable bonds is 3. The summed E-state index contributed by atoms with van der Waals surface area (Å²) in [7, 11) is 3.33. The normalized spacial score (nSPS) is 15.7. The lowest BCUT2D eigenvalue weighted by atomic mass is 10.1. The van der Waals surface area contributed by atoms with Crippen molar-refractivity contribution in [3.63, 3.8) is 0 Å². The molecule has 0 radical (unpaired) electrons. The highest BCUT2D eigenvalue weighted by atomic mass is 19.3. The number of nitrogens with zero attached hydrogens (tertiary/aromatic N) is 4. The number of fused-ring (bicyclic) bond motifs is 1. The Morgan fingerprint density at radius 3 is 2.58 bits per heavy atom. The molecule has 3 heterocycles. The van der Waals surface area contributed by atoms with E-state index in [1.165, 1.54) is 16.0 Å². The Morgan fingerprint density at radius 2 is 1.87 bits per heavy atom. The largest absolute Gasteiger partial charge is 0.338 e. The van der Waals surface area contributed by atoms with Crippen LogP contribution in [0.4, 0.5) is 19.3 Å². The molecule has 3 aromatic rings. The smallest absolute Gasteiger partial charge is 0.321 e. The number of hydrogen-bond donors (Lipinski definition) is 1. The Bertz CT molecular complexity index is 1130. The van der Waals surface area contributed by atoms with Gasteiger partial charge in [-0.25, -0.2) is 18.6 Å². The Labute approximate surface area is 178 Å². The molecule has 7 nitrogen and oxygen atoms in total. The fraction of sp³-hybridized carbons (Fsp3) is 0.318. The molecule has 0 aliphatic carbocycles. The number of nitrogens with one attached hydrogen (secondary N) is 1. The summed E-state index contributed by atoms with van der Waals surface area (Å²) in [5.74, 6) is -2.98. The van der Waals surface area contributed by atoms with E-state index >= 15 is 0 Å². The third kappa shape index (κ3) is 4.35. The molecule has 2 aromatic heterocycles. The molecule has 0 unspecified atom stereocenters. The van der Waals surface area contributed by atoms with Crippen LogP contribution in [0.3, 0.4) is 0 Å². The second kappa shape index (κ2) is 7.98. The molecule has 1 aliphatic rings. The molecular formula is C22H23F2N5O2. The van der Waals surface area contributed by atoms with Crippen LogP contribution < -0.4 is 5.32 Å². The molecule has 1 aliphatic heterocycles. The van der Waals surface area contributed by atoms with Crippen LogP contribution in [0.1, 0.15) is 23.2 Å². The predicted molar refractivity (Wildman–Crippen MR) is 114 cm³/mol. The number of halogens is 2. The third-order valence-corrected chi connectivity index (χ3v) is 5.34. The summed E-state index contributed by atoms with van der Waals surface area (Å²) in [4.78, 5) is 32.0. The number of hydrogen-bond acceptors (Lipinski definition) is 3. The molecule has 0 spiro atoms. The standard InChI is InChI=1S/C22H23F2N5O2/c1-27(2)21(31)26-17-4-3-5-18(13-17)29-9-6-15-12-16(14-25-19(15)29)20(30)28-10-7-22(23,24)8-11-28/h3-6,9,12-14H,7-8,10-11H2,1-2H3,(H,26,31). The van der Waals surface area contributed by atoms with Crippen molar-refractivity contribution in [2.45, 2.75) is 18.8 Å². The van der Waals surface area contributed by atoms with Crippen LogP contribution in [0, 0.1) is 0 Å². The van der Waals surface area contributed by atoms with Gasteiger partial charge in [0.15, 0.2) is 0 Å². The first-order valence-electron chi connectivity index (χ1n) is 9.96. The maximum Gasteiger partial charge on any atom is 0.321 e. The third-order valence-electron chi connectivity index (χ3n) is 5.34. The van der Waals surface area contributed by atoms with Crippen LogP contribution in [-0.4, -0.2) is 64.4 Å². The van der Waals surface area contributed by atoms with Gasteiger partial charge >= 0.3 is 6.03 Å². The van der Waals surface area contributed by atoms with E-state index in [2.05, 4.69) is 10.3 Å². The van der Waals surface area contributed by atoms with Crippen molar-refractivity contribution in [3.8, 4) is 5.69 Å². The van der Waals surface area contributed by atoms with E-state index in [-0.39, 0.29) is 37.9 Å². The Hall–Kier alpha value is -3.49. The topological polar surface area (TPSA) is 70.5 Å². The summed E-state index contributed by atoms with van der Waals surface area (Å²) in [6, 6.07) is 10.7. The highest BCUT2D eigenvalue weighted by Crippen LogP contribution is 2.29. The quantitative estimate of drug-likeness (QED) is 0.687. The van der Waals surface area contributed by atoms with Gasteiger partial charge in [0.1, 0.15) is 5.65 Å². The highest BCUT2D eigenvalue weighted by molar-refractivity contribution is 5.97. The number of piperidine rings is 1. The van der Waals surface area contributed by atoms with E-state index < -0.39 is 5.92 Å². The first-order chi connectivity index (χ1) is 14.7. The maximum atomic E-state index is 13.4. The molecule has 9 heteroatoms. The lowest BCUT2D eigenvalue weighted by Crippen LogP contribution is -2.42. The maximum absolute atomic E-state index is 13.4. The molecule has 3 amide bonds. The molecule has 1 fully saturated rings. The van der Waals surface area contributed by atoms with Gasteiger partial charge in [-0.2, -0.15) is 0 Å². The Morgan fingerprint density at radius 1 is 1.13 bits per heavy atom. The minimum Gasteiger partial charge on any atom is -0.338 e. The predicted octanol–water partition coefficient (Wildman–Crippen LogP) is 3.99. The zero-order chi connectivity index (χ0) is 22.2. The molecule has 4 rings (SSSR count). The summed E-state index contributed by atoms with van der Waals surface area (Å²) in [5.41, 5.74) is 2.48. The van der Waals surface area contributed by atoms with Crippen molar-refractivity contribution >= 4 is 28.7 Å². The lowest BCUT2D eigenvalue weighted by Gasteiger charge is -2.31. The van der Waals surface area contributed by atoms with Gasteiger partial charge in [-0.3, -0.25) is 4.79 Å². The Balaban J connectivity index is 1.57. The van der Waals surface area contributed by atoms with Crippen molar-refractivity contribution in [2.24, 2.45) is 0 Å². The van der Waals surface area contributed by atoms with Gasteiger partial charge < -0.3 is 19.7 Å². The molecule has 0 atom stereocenters. The first-order valence-corrected chi connectivity index (χ1v) is 9.96. The van der Waals surface area contributed by atoms with Crippen molar-refractivity contribution < 1.29 is 18.4 Å². The summed E-state index contributed by atoms with van der Waals surface area (Å²) in [6.07, 6.45) is 2.68. The average Bonchev–Trinajstić information content (AvgIpc) is 3.16. The average molecular weight is 427 g/mol. The van der Waals surface area contributed by atoms with E-state index in [4.69, 9.17) is 0 Å². The van der Waals surface area contributed by atoms with Gasteiger partial charge in [-0.15, -0.1) is 0 Å². The molecule has 1 N–H and O–H groups in total. The monoisotopic (exact) mass is 427 g/mol. The zero-order valence-corrected chi connectivity index (χ0v) is 17.3. The minimum atomic E-state index is -2.70. The summed E-state index contributed by atoms with van der Waals surface area (Å²) < 4.78 is 28.6. The van der Waals surface area contributed by atoms with Gasteiger partial charge in [0.25, 0.3) is 11.8 Å². The number of aromatic nitrogens is 2. The Kier molecular flexibility index (Phi) is 5.34. The highest BCUT2D eigenvalue weighted by Gasteiger charge is 2.35. The first kappa shape index (κ1) is 20.8. The van der Waals surface area contributed by atoms with Crippen LogP contribution in [0.5, 0.6) is 0 Å². The molecular weight excluding hydrogens is 404 g/mol. The molecule has 0 bridgehead atoms. The molecule has 1 aromatic carbocycles. The van der Waals surface area contributed by atoms with Crippen molar-refractivity contribution in [2.75, 3.05) is 32.5 Å². The number of alkyl halides is 2. The van der Waals surface area contributed by atoms with Gasteiger partial charge in [-0.05, 0) is 30.3 Å². The van der Waals surface area contributed by atoms with Crippen LogP contribution in [0.2, 0.25) is 0 Å². The fourth-order valence-electron chi connectivity index (χ4n) is 3.54. The number of anilines is 1. The van der Waals surface area contributed by atoms with Crippen molar-refractivity contribution in [3.05, 3.63) is 54.4 Å². The van der Waals surface area contributed by atoms with E-state index in [0.717, 1.165) is 11.1 Å². The van der Waals surface area contributed by atoms with Crippen LogP contribution >= 0.6 is 0 Å². The summed E-state index contributed by atoms with van der Waals surface area (Å²) >= 11 is 0. The van der Waals surface area contributed by atoms with Crippen LogP contribution in [0.25, 0.3) is 16.7 Å². The van der Waals surface area contributed by atoms with Crippen LogP contribution in [-0.2, 0) is 0 Å². The van der Waals surface area contributed by atoms with Gasteiger partial charge in [0, 0.05) is 69.2 Å². The molecule has 0 saturated carbocycles. The van der Waals surface area contributed by atoms with E-state index in [0.29, 0.717) is 16.9 Å². The second-order valence-corrected chi connectivity index (χ2v) is 7.85. The molecule has 31 heavy (non-hydrogen) atoms. The number of amides is 3. The lowest BCUT2D eigenvalue weighted by molar-refractivity contribution is -0.0494. The number of likely N-dealkylation sites (tertiary alicyclic amines) is 1. The van der Waals surface area contributed by atoms with Crippen LogP contribution in [0.15, 0.2) is 48.8 Å². The van der Waals surface area contributed by atoms with Gasteiger partial charge in [0.05, 0.1) is 5.56 Å². The van der Waals surface area contributed by atoms with E-state index in [1.807, 2.05) is 35.0 Å². The summed E-state index contributed by atoms with van der Waals surface area (Å²) in [5, 5.41) is 3.57. The SMILES string of the molecule is CN(C)C(=O)Nc1cccc(-n2ccc3cc(C(=O)N4CCC(F)(F)CC4)cnc32)c1. The van der Waals surface area contributed by atoms with Crippen molar-refractivity contribution in [1.82, 2.24) is 19.4 Å². The fourth-order valence-corrected chi connectivity index (χ4v) is 3.54. The zero-order valence-electron chi connectivity index (χ0n) is 17.3. The van der Waals surface area contributed by atoms with Crippen molar-refractivity contribution in [1.29, 1.82) is 0 Å². The van der Waals surface area contributed by atoms with Gasteiger partial charge in [0.2, 0.25) is 0 Å². The van der Waals surface area contributed by atoms with E-state index in [9.17, 15) is 18.4 Å². The number of pyridine rings is 1. The molecule has 162 valence electrons. The molecule has 1 saturated heterocycles. The number of benzene rings is 1.